The number of aliphatic hydroxyl groups excluding tert-OH is 1. The maximum absolute atomic E-state index is 12.2. The van der Waals surface area contributed by atoms with Gasteiger partial charge in [-0.05, 0) is 36.4 Å². The molecule has 1 unspecified atom stereocenters. The summed E-state index contributed by atoms with van der Waals surface area (Å²) in [5.74, 6) is 1.48. The lowest BCUT2D eigenvalue weighted by Crippen LogP contribution is -2.50. The first kappa shape index (κ1) is 21.1. The Bertz CT molecular complexity index is 746. The number of nitrogens with zero attached hydrogens (tertiary/aromatic N) is 2. The number of hydrogen-bond acceptors (Lipinski definition) is 6. The topological polar surface area (TPSA) is 74.3 Å². The number of hydrogen-bond donors (Lipinski definition) is 2. The number of amides is 1. The second-order valence-electron chi connectivity index (χ2n) is 7.13. The van der Waals surface area contributed by atoms with Gasteiger partial charge >= 0.3 is 0 Å². The van der Waals surface area contributed by atoms with Crippen LogP contribution in [0.15, 0.2) is 54.6 Å². The molecule has 1 fully saturated rings. The van der Waals surface area contributed by atoms with E-state index in [-0.39, 0.29) is 12.5 Å². The van der Waals surface area contributed by atoms with E-state index in [0.717, 1.165) is 37.6 Å². The standard InChI is InChI=1S/C22H29N3O4/c1-28-20-7-9-21(10-8-20)29-17-19(26)15-24-11-13-25(14-12-24)16-22(27)23-18-5-3-2-4-6-18/h2-10,19,26H,11-17H2,1H3,(H,23,27). The van der Waals surface area contributed by atoms with E-state index < -0.39 is 6.10 Å². The molecule has 1 aliphatic rings. The molecule has 2 aromatic carbocycles. The molecule has 0 spiro atoms. The Labute approximate surface area is 171 Å². The maximum Gasteiger partial charge on any atom is 0.238 e. The molecule has 29 heavy (non-hydrogen) atoms. The van der Waals surface area contributed by atoms with Gasteiger partial charge in [0, 0.05) is 38.4 Å². The molecule has 7 heteroatoms. The van der Waals surface area contributed by atoms with Crippen molar-refractivity contribution in [3.05, 3.63) is 54.6 Å². The summed E-state index contributed by atoms with van der Waals surface area (Å²) in [5, 5.41) is 13.2. The van der Waals surface area contributed by atoms with Gasteiger partial charge in [-0.25, -0.2) is 0 Å². The number of para-hydroxylation sites is 1. The van der Waals surface area contributed by atoms with E-state index in [0.29, 0.717) is 18.8 Å². The molecule has 1 aliphatic heterocycles. The number of rotatable bonds is 9. The summed E-state index contributed by atoms with van der Waals surface area (Å²) < 4.78 is 10.8. The van der Waals surface area contributed by atoms with Crippen molar-refractivity contribution in [3.63, 3.8) is 0 Å². The lowest BCUT2D eigenvalue weighted by Gasteiger charge is -2.35. The summed E-state index contributed by atoms with van der Waals surface area (Å²) in [4.78, 5) is 16.5. The van der Waals surface area contributed by atoms with Crippen molar-refractivity contribution in [1.29, 1.82) is 0 Å². The van der Waals surface area contributed by atoms with Gasteiger partial charge in [0.1, 0.15) is 24.2 Å². The third kappa shape index (κ3) is 7.05. The molecular weight excluding hydrogens is 370 g/mol. The first-order valence-electron chi connectivity index (χ1n) is 9.87. The molecule has 7 nitrogen and oxygen atoms in total. The highest BCUT2D eigenvalue weighted by atomic mass is 16.5. The fourth-order valence-corrected chi connectivity index (χ4v) is 3.27. The Kier molecular flexibility index (Phi) is 7.86. The number of piperazine rings is 1. The van der Waals surface area contributed by atoms with E-state index in [1.165, 1.54) is 0 Å². The van der Waals surface area contributed by atoms with Crippen LogP contribution in [0.1, 0.15) is 0 Å². The van der Waals surface area contributed by atoms with Gasteiger partial charge in [0.25, 0.3) is 0 Å². The molecule has 3 rings (SSSR count). The van der Waals surface area contributed by atoms with Crippen LogP contribution in [0.5, 0.6) is 11.5 Å². The fourth-order valence-electron chi connectivity index (χ4n) is 3.27. The van der Waals surface area contributed by atoms with Crippen LogP contribution in [-0.4, -0.2) is 79.9 Å². The highest BCUT2D eigenvalue weighted by Crippen LogP contribution is 2.17. The molecule has 0 saturated carbocycles. The number of ether oxygens (including phenoxy) is 2. The summed E-state index contributed by atoms with van der Waals surface area (Å²) in [5.41, 5.74) is 0.816. The van der Waals surface area contributed by atoms with Crippen LogP contribution in [0.2, 0.25) is 0 Å². The van der Waals surface area contributed by atoms with Crippen molar-refractivity contribution < 1.29 is 19.4 Å². The first-order valence-corrected chi connectivity index (χ1v) is 9.87. The Hall–Kier alpha value is -2.61. The zero-order valence-electron chi connectivity index (χ0n) is 16.8. The number of carbonyl (C=O) groups is 1. The van der Waals surface area contributed by atoms with E-state index in [1.807, 2.05) is 54.6 Å². The van der Waals surface area contributed by atoms with Crippen molar-refractivity contribution in [2.75, 3.05) is 58.3 Å². The lowest BCUT2D eigenvalue weighted by molar-refractivity contribution is -0.117. The van der Waals surface area contributed by atoms with Crippen LogP contribution in [0.4, 0.5) is 5.69 Å². The van der Waals surface area contributed by atoms with Crippen LogP contribution < -0.4 is 14.8 Å². The molecule has 156 valence electrons. The normalized spacial score (nSPS) is 16.2. The monoisotopic (exact) mass is 399 g/mol. The molecule has 0 aliphatic carbocycles. The second-order valence-corrected chi connectivity index (χ2v) is 7.13. The number of benzene rings is 2. The van der Waals surface area contributed by atoms with E-state index in [2.05, 4.69) is 15.1 Å². The first-order chi connectivity index (χ1) is 14.1. The number of carbonyl (C=O) groups excluding carboxylic acids is 1. The minimum atomic E-state index is -0.565. The highest BCUT2D eigenvalue weighted by Gasteiger charge is 2.21. The van der Waals surface area contributed by atoms with Crippen LogP contribution >= 0.6 is 0 Å². The van der Waals surface area contributed by atoms with Crippen molar-refractivity contribution >= 4 is 11.6 Å². The van der Waals surface area contributed by atoms with Crippen LogP contribution in [-0.2, 0) is 4.79 Å². The molecule has 0 aromatic heterocycles. The van der Waals surface area contributed by atoms with Gasteiger partial charge in [-0.2, -0.15) is 0 Å². The molecule has 2 aromatic rings. The van der Waals surface area contributed by atoms with Gasteiger partial charge in [0.05, 0.1) is 13.7 Å². The van der Waals surface area contributed by atoms with Gasteiger partial charge < -0.3 is 19.9 Å². The molecule has 1 amide bonds. The minimum Gasteiger partial charge on any atom is -0.497 e. The second kappa shape index (κ2) is 10.8. The quantitative estimate of drug-likeness (QED) is 0.669. The smallest absolute Gasteiger partial charge is 0.238 e. The van der Waals surface area contributed by atoms with Crippen LogP contribution in [0, 0.1) is 0 Å². The highest BCUT2D eigenvalue weighted by molar-refractivity contribution is 5.92. The largest absolute Gasteiger partial charge is 0.497 e. The molecule has 1 heterocycles. The fraction of sp³-hybridized carbons (Fsp3) is 0.409. The van der Waals surface area contributed by atoms with Crippen molar-refractivity contribution in [2.24, 2.45) is 0 Å². The summed E-state index contributed by atoms with van der Waals surface area (Å²) >= 11 is 0. The predicted molar refractivity (Wildman–Crippen MR) is 112 cm³/mol. The van der Waals surface area contributed by atoms with E-state index in [4.69, 9.17) is 9.47 Å². The van der Waals surface area contributed by atoms with Crippen molar-refractivity contribution in [3.8, 4) is 11.5 Å². The van der Waals surface area contributed by atoms with Gasteiger partial charge in [0.2, 0.25) is 5.91 Å². The minimum absolute atomic E-state index is 0.00224. The van der Waals surface area contributed by atoms with Crippen molar-refractivity contribution in [2.45, 2.75) is 6.10 Å². The maximum atomic E-state index is 12.2. The average Bonchev–Trinajstić information content (AvgIpc) is 2.75. The van der Waals surface area contributed by atoms with E-state index in [9.17, 15) is 9.90 Å². The number of aliphatic hydroxyl groups is 1. The third-order valence-corrected chi connectivity index (χ3v) is 4.86. The molecule has 1 saturated heterocycles. The number of nitrogens with one attached hydrogen (secondary N) is 1. The van der Waals surface area contributed by atoms with Gasteiger partial charge in [0.15, 0.2) is 0 Å². The lowest BCUT2D eigenvalue weighted by atomic mass is 10.2. The van der Waals surface area contributed by atoms with Gasteiger partial charge in [-0.3, -0.25) is 14.6 Å². The number of β-amino-alcohol motifs (C(OH)–C–C–N with tert-alkyl or cyclic N) is 1. The zero-order chi connectivity index (χ0) is 20.5. The predicted octanol–water partition coefficient (Wildman–Crippen LogP) is 1.69. The SMILES string of the molecule is COc1ccc(OCC(O)CN2CCN(CC(=O)Nc3ccccc3)CC2)cc1. The van der Waals surface area contributed by atoms with Crippen LogP contribution in [0.3, 0.4) is 0 Å². The molecule has 2 N–H and O–H groups in total. The summed E-state index contributed by atoms with van der Waals surface area (Å²) in [6, 6.07) is 16.8. The number of methoxy groups -OCH3 is 1. The Morgan fingerprint density at radius 2 is 1.62 bits per heavy atom. The van der Waals surface area contributed by atoms with Gasteiger partial charge in [-0.1, -0.05) is 18.2 Å². The summed E-state index contributed by atoms with van der Waals surface area (Å²) in [7, 11) is 1.62. The zero-order valence-corrected chi connectivity index (χ0v) is 16.8. The van der Waals surface area contributed by atoms with Gasteiger partial charge in [-0.15, -0.1) is 0 Å². The molecule has 0 bridgehead atoms. The average molecular weight is 399 g/mol. The Morgan fingerprint density at radius 3 is 2.28 bits per heavy atom. The van der Waals surface area contributed by atoms with E-state index >= 15 is 0 Å². The summed E-state index contributed by atoms with van der Waals surface area (Å²) in [6.07, 6.45) is -0.565. The van der Waals surface area contributed by atoms with E-state index in [1.54, 1.807) is 7.11 Å². The third-order valence-electron chi connectivity index (χ3n) is 4.86. The van der Waals surface area contributed by atoms with Crippen molar-refractivity contribution in [1.82, 2.24) is 9.80 Å². The Morgan fingerprint density at radius 1 is 1.00 bits per heavy atom. The molecule has 0 radical (unpaired) electrons. The summed E-state index contributed by atoms with van der Waals surface area (Å²) in [6.45, 7) is 4.41. The molecule has 1 atom stereocenters. The number of anilines is 1. The van der Waals surface area contributed by atoms with Crippen LogP contribution in [0.25, 0.3) is 0 Å². The Balaban J connectivity index is 1.33. The molecular formula is C22H29N3O4.